The largest absolute Gasteiger partial charge is 0.309 e. The minimum atomic E-state index is 1.04. The maximum absolute atomic E-state index is 4.97. The Morgan fingerprint density at radius 3 is 2.15 bits per heavy atom. The van der Waals surface area contributed by atoms with Crippen LogP contribution in [0.3, 0.4) is 0 Å². The van der Waals surface area contributed by atoms with Gasteiger partial charge in [0.15, 0.2) is 5.82 Å². The van der Waals surface area contributed by atoms with E-state index in [4.69, 9.17) is 5.10 Å². The zero-order valence-corrected chi connectivity index (χ0v) is 15.4. The summed E-state index contributed by atoms with van der Waals surface area (Å²) in [4.78, 5) is 0. The Hall–Kier alpha value is -2.81. The summed E-state index contributed by atoms with van der Waals surface area (Å²) in [6.07, 6.45) is 5.77. The zero-order valence-electron chi connectivity index (χ0n) is 15.4. The summed E-state index contributed by atoms with van der Waals surface area (Å²) in [5.41, 5.74) is 9.12. The van der Waals surface area contributed by atoms with Crippen molar-refractivity contribution in [1.82, 2.24) is 14.2 Å². The van der Waals surface area contributed by atoms with Gasteiger partial charge >= 0.3 is 0 Å². The molecule has 0 aliphatic carbocycles. The summed E-state index contributed by atoms with van der Waals surface area (Å²) >= 11 is 0. The first kappa shape index (κ1) is 15.4. The molecule has 0 unspecified atom stereocenters. The molecule has 4 aromatic rings. The third kappa shape index (κ3) is 2.38. The van der Waals surface area contributed by atoms with Gasteiger partial charge in [-0.3, -0.25) is 0 Å². The molecule has 0 amide bonds. The van der Waals surface area contributed by atoms with Gasteiger partial charge in [0.1, 0.15) is 5.65 Å². The van der Waals surface area contributed by atoms with Crippen LogP contribution in [0.5, 0.6) is 0 Å². The Morgan fingerprint density at radius 1 is 0.808 bits per heavy atom. The number of hydrogen-bond acceptors (Lipinski definition) is 1. The molecule has 0 bridgehead atoms. The molecule has 1 aliphatic rings. The van der Waals surface area contributed by atoms with Crippen LogP contribution in [0.2, 0.25) is 0 Å². The zero-order chi connectivity index (χ0) is 17.7. The second-order valence-electron chi connectivity index (χ2n) is 7.45. The van der Waals surface area contributed by atoms with Crippen LogP contribution in [0.4, 0.5) is 0 Å². The van der Waals surface area contributed by atoms with E-state index >= 15 is 0 Å². The number of aryl methyl sites for hydroxylation is 4. The first-order chi connectivity index (χ1) is 12.7. The molecule has 0 N–H and O–H groups in total. The van der Waals surface area contributed by atoms with Gasteiger partial charge in [-0.1, -0.05) is 59.7 Å². The number of benzene rings is 2. The van der Waals surface area contributed by atoms with E-state index in [1.807, 2.05) is 0 Å². The number of nitrogens with zero attached hydrogens (tertiary/aromatic N) is 3. The highest BCUT2D eigenvalue weighted by atomic mass is 15.3. The Balaban J connectivity index is 1.72. The SMILES string of the molecule is Cc1ccc(-c2cn3nc(-c4ccc(C)cc4)n4c3c2CCCC4)cc1. The molecule has 2 aromatic heterocycles. The van der Waals surface area contributed by atoms with Crippen LogP contribution in [0.15, 0.2) is 54.7 Å². The maximum atomic E-state index is 4.97. The Kier molecular flexibility index (Phi) is 3.49. The Bertz CT molecular complexity index is 994. The fourth-order valence-electron chi connectivity index (χ4n) is 4.07. The molecule has 0 saturated carbocycles. The summed E-state index contributed by atoms with van der Waals surface area (Å²) in [6, 6.07) is 17.6. The van der Waals surface area contributed by atoms with Gasteiger partial charge in [-0.15, -0.1) is 5.10 Å². The van der Waals surface area contributed by atoms with E-state index in [-0.39, 0.29) is 0 Å². The number of aromatic nitrogens is 3. The number of hydrogen-bond donors (Lipinski definition) is 0. The van der Waals surface area contributed by atoms with Crippen LogP contribution in [0.25, 0.3) is 28.2 Å². The second-order valence-corrected chi connectivity index (χ2v) is 7.45. The van der Waals surface area contributed by atoms with Crippen LogP contribution < -0.4 is 0 Å². The number of rotatable bonds is 2. The summed E-state index contributed by atoms with van der Waals surface area (Å²) in [5.74, 6) is 1.08. The molecule has 0 atom stereocenters. The maximum Gasteiger partial charge on any atom is 0.162 e. The van der Waals surface area contributed by atoms with Gasteiger partial charge < -0.3 is 4.57 Å². The van der Waals surface area contributed by atoms with Gasteiger partial charge in [0.05, 0.1) is 0 Å². The molecule has 130 valence electrons. The summed E-state index contributed by atoms with van der Waals surface area (Å²) in [6.45, 7) is 5.30. The van der Waals surface area contributed by atoms with Crippen molar-refractivity contribution < 1.29 is 0 Å². The lowest BCUT2D eigenvalue weighted by Gasteiger charge is -2.07. The second kappa shape index (κ2) is 5.87. The summed E-state index contributed by atoms with van der Waals surface area (Å²) < 4.78 is 4.52. The Morgan fingerprint density at radius 2 is 1.46 bits per heavy atom. The van der Waals surface area contributed by atoms with Gasteiger partial charge in [-0.25, -0.2) is 4.52 Å². The topological polar surface area (TPSA) is 22.2 Å². The lowest BCUT2D eigenvalue weighted by molar-refractivity contribution is 0.645. The fraction of sp³-hybridized carbons (Fsp3) is 0.261. The van der Waals surface area contributed by atoms with Crippen molar-refractivity contribution in [1.29, 1.82) is 0 Å². The summed E-state index contributed by atoms with van der Waals surface area (Å²) in [5, 5.41) is 4.97. The van der Waals surface area contributed by atoms with E-state index < -0.39 is 0 Å². The lowest BCUT2D eigenvalue weighted by atomic mass is 10.00. The lowest BCUT2D eigenvalue weighted by Crippen LogP contribution is -1.99. The molecule has 0 saturated heterocycles. The molecule has 3 heterocycles. The van der Waals surface area contributed by atoms with E-state index in [2.05, 4.69) is 77.7 Å². The first-order valence-electron chi connectivity index (χ1n) is 9.45. The van der Waals surface area contributed by atoms with Crippen LogP contribution in [-0.4, -0.2) is 14.2 Å². The fourth-order valence-corrected chi connectivity index (χ4v) is 4.07. The van der Waals surface area contributed by atoms with Gasteiger partial charge in [0, 0.05) is 29.4 Å². The van der Waals surface area contributed by atoms with E-state index in [9.17, 15) is 0 Å². The molecule has 3 heteroatoms. The van der Waals surface area contributed by atoms with Crippen molar-refractivity contribution in [3.8, 4) is 22.5 Å². The molecule has 2 aromatic carbocycles. The van der Waals surface area contributed by atoms with Crippen molar-refractivity contribution >= 4 is 5.65 Å². The third-order valence-electron chi connectivity index (χ3n) is 5.51. The van der Waals surface area contributed by atoms with Crippen molar-refractivity contribution in [2.75, 3.05) is 0 Å². The molecule has 1 aliphatic heterocycles. The molecule has 0 fully saturated rings. The van der Waals surface area contributed by atoms with Crippen molar-refractivity contribution in [2.24, 2.45) is 0 Å². The first-order valence-corrected chi connectivity index (χ1v) is 9.45. The van der Waals surface area contributed by atoms with Gasteiger partial charge in [-0.2, -0.15) is 0 Å². The monoisotopic (exact) mass is 341 g/mol. The molecule has 3 nitrogen and oxygen atoms in total. The average molecular weight is 341 g/mol. The average Bonchev–Trinajstić information content (AvgIpc) is 3.07. The van der Waals surface area contributed by atoms with E-state index in [0.29, 0.717) is 0 Å². The standard InChI is InChI=1S/C23H23N3/c1-16-6-10-18(11-7-16)21-15-26-23-20(21)5-3-4-14-25(23)22(24-26)19-12-8-17(2)9-13-19/h6-13,15H,3-5,14H2,1-2H3. The van der Waals surface area contributed by atoms with Crippen molar-refractivity contribution in [3.05, 3.63) is 71.4 Å². The third-order valence-corrected chi connectivity index (χ3v) is 5.51. The van der Waals surface area contributed by atoms with Crippen molar-refractivity contribution in [3.63, 3.8) is 0 Å². The smallest absolute Gasteiger partial charge is 0.162 e. The minimum Gasteiger partial charge on any atom is -0.309 e. The van der Waals surface area contributed by atoms with E-state index in [1.165, 1.54) is 51.9 Å². The van der Waals surface area contributed by atoms with Gasteiger partial charge in [-0.05, 0) is 38.7 Å². The van der Waals surface area contributed by atoms with Gasteiger partial charge in [0.25, 0.3) is 0 Å². The highest BCUT2D eigenvalue weighted by Crippen LogP contribution is 2.34. The normalized spacial score (nSPS) is 13.9. The highest BCUT2D eigenvalue weighted by Gasteiger charge is 2.22. The summed E-state index contributed by atoms with van der Waals surface area (Å²) in [7, 11) is 0. The predicted molar refractivity (Wildman–Crippen MR) is 106 cm³/mol. The molecule has 0 radical (unpaired) electrons. The highest BCUT2D eigenvalue weighted by molar-refractivity contribution is 5.77. The predicted octanol–water partition coefficient (Wildman–Crippen LogP) is 5.42. The van der Waals surface area contributed by atoms with Crippen LogP contribution >= 0.6 is 0 Å². The van der Waals surface area contributed by atoms with E-state index in [0.717, 1.165) is 18.8 Å². The van der Waals surface area contributed by atoms with Crippen molar-refractivity contribution in [2.45, 2.75) is 39.7 Å². The van der Waals surface area contributed by atoms with Crippen LogP contribution in [0, 0.1) is 13.8 Å². The quantitative estimate of drug-likeness (QED) is 0.477. The Labute approximate surface area is 153 Å². The van der Waals surface area contributed by atoms with E-state index in [1.54, 1.807) is 0 Å². The molecular formula is C23H23N3. The molecular weight excluding hydrogens is 318 g/mol. The van der Waals surface area contributed by atoms with Crippen LogP contribution in [-0.2, 0) is 13.0 Å². The molecule has 5 rings (SSSR count). The van der Waals surface area contributed by atoms with Crippen LogP contribution in [0.1, 0.15) is 29.5 Å². The molecule has 26 heavy (non-hydrogen) atoms. The minimum absolute atomic E-state index is 1.04. The molecule has 0 spiro atoms. The van der Waals surface area contributed by atoms with Gasteiger partial charge in [0.2, 0.25) is 0 Å².